The van der Waals surface area contributed by atoms with Crippen molar-refractivity contribution in [1.29, 1.82) is 0 Å². The lowest BCUT2D eigenvalue weighted by atomic mass is 10.1. The van der Waals surface area contributed by atoms with Gasteiger partial charge in [-0.2, -0.15) is 13.2 Å². The number of hydrogen-bond donors (Lipinski definition) is 2. The van der Waals surface area contributed by atoms with Crippen molar-refractivity contribution in [3.63, 3.8) is 0 Å². The molecule has 27 heavy (non-hydrogen) atoms. The fraction of sp³-hybridized carbons (Fsp3) is 0.688. The predicted octanol–water partition coefficient (Wildman–Crippen LogP) is 1.15. The molecular weight excluding hydrogens is 371 g/mol. The second kappa shape index (κ2) is 8.26. The van der Waals surface area contributed by atoms with Gasteiger partial charge in [0.05, 0.1) is 6.10 Å². The number of carbonyl (C=O) groups excluding carboxylic acids is 1. The van der Waals surface area contributed by atoms with Crippen LogP contribution < -0.4 is 17.0 Å². The van der Waals surface area contributed by atoms with Crippen LogP contribution in [0.2, 0.25) is 0 Å². The first-order valence-electron chi connectivity index (χ1n) is 8.49. The molecule has 0 unspecified atom stereocenters. The summed E-state index contributed by atoms with van der Waals surface area (Å²) in [4.78, 5) is 36.6. The zero-order valence-corrected chi connectivity index (χ0v) is 14.9. The van der Waals surface area contributed by atoms with Crippen LogP contribution in [0.3, 0.4) is 0 Å². The Morgan fingerprint density at radius 2 is 2.07 bits per heavy atom. The van der Waals surface area contributed by atoms with E-state index in [0.29, 0.717) is 23.6 Å². The van der Waals surface area contributed by atoms with E-state index in [1.54, 1.807) is 4.98 Å². The minimum atomic E-state index is -4.90. The summed E-state index contributed by atoms with van der Waals surface area (Å²) in [5.74, 6) is -0.370. The summed E-state index contributed by atoms with van der Waals surface area (Å²) in [6.45, 7) is 3.70. The second-order valence-electron chi connectivity index (χ2n) is 6.86. The third-order valence-electron chi connectivity index (χ3n) is 4.11. The number of H-pyrrole nitrogens is 1. The molecule has 0 bridgehead atoms. The lowest BCUT2D eigenvalue weighted by Gasteiger charge is -2.18. The Balaban J connectivity index is 2.01. The van der Waals surface area contributed by atoms with Crippen molar-refractivity contribution >= 4 is 5.97 Å². The van der Waals surface area contributed by atoms with Crippen LogP contribution in [0.5, 0.6) is 0 Å². The Morgan fingerprint density at radius 1 is 1.41 bits per heavy atom. The Hall–Kier alpha value is -2.14. The Kier molecular flexibility index (Phi) is 6.47. The van der Waals surface area contributed by atoms with E-state index < -0.39 is 47.3 Å². The number of hydrogen-bond acceptors (Lipinski definition) is 6. The highest BCUT2D eigenvalue weighted by Gasteiger charge is 2.36. The first-order chi connectivity index (χ1) is 12.5. The van der Waals surface area contributed by atoms with Crippen molar-refractivity contribution in [1.82, 2.24) is 9.55 Å². The second-order valence-corrected chi connectivity index (χ2v) is 6.86. The number of carbonyl (C=O) groups is 1. The Morgan fingerprint density at radius 3 is 2.67 bits per heavy atom. The maximum atomic E-state index is 12.9. The smallest absolute Gasteiger partial charge is 0.423 e. The molecule has 0 amide bonds. The van der Waals surface area contributed by atoms with E-state index in [4.69, 9.17) is 15.2 Å². The molecule has 2 heterocycles. The molecule has 1 aliphatic heterocycles. The van der Waals surface area contributed by atoms with Crippen LogP contribution >= 0.6 is 0 Å². The summed E-state index contributed by atoms with van der Waals surface area (Å²) >= 11 is 0. The van der Waals surface area contributed by atoms with Gasteiger partial charge in [0.1, 0.15) is 24.4 Å². The number of esters is 1. The summed E-state index contributed by atoms with van der Waals surface area (Å²) in [7, 11) is 0. The van der Waals surface area contributed by atoms with Crippen LogP contribution in [0.1, 0.15) is 44.9 Å². The molecule has 1 aromatic rings. The molecule has 0 aromatic carbocycles. The molecule has 2 rings (SSSR count). The maximum Gasteiger partial charge on any atom is 0.423 e. The molecule has 0 saturated carbocycles. The average molecular weight is 393 g/mol. The zero-order valence-electron chi connectivity index (χ0n) is 14.9. The van der Waals surface area contributed by atoms with E-state index >= 15 is 0 Å². The SMILES string of the molecule is CC(C)C[C@H](N)C(=O)OC[C@@H]1CC[C@H](n2cc(C(F)(F)F)c(=O)[nH]c2=O)O1. The van der Waals surface area contributed by atoms with Gasteiger partial charge in [-0.3, -0.25) is 19.1 Å². The minimum absolute atomic E-state index is 0.120. The number of halogens is 3. The van der Waals surface area contributed by atoms with Gasteiger partial charge in [0.15, 0.2) is 0 Å². The molecule has 1 saturated heterocycles. The standard InChI is InChI=1S/C16H22F3N3O5/c1-8(2)5-11(20)14(24)26-7-9-3-4-12(27-9)22-6-10(16(17,18)19)13(23)21-15(22)25/h6,8-9,11-12H,3-5,7,20H2,1-2H3,(H,21,23,25)/t9-,11-,12+/m0/s1. The molecule has 1 aromatic heterocycles. The molecule has 3 atom stereocenters. The van der Waals surface area contributed by atoms with Gasteiger partial charge < -0.3 is 15.2 Å². The highest BCUT2D eigenvalue weighted by atomic mass is 19.4. The largest absolute Gasteiger partial charge is 0.462 e. The topological polar surface area (TPSA) is 116 Å². The molecule has 1 fully saturated rings. The van der Waals surface area contributed by atoms with E-state index in [1.165, 1.54) is 0 Å². The van der Waals surface area contributed by atoms with Gasteiger partial charge in [-0.25, -0.2) is 4.79 Å². The first kappa shape index (κ1) is 21.2. The summed E-state index contributed by atoms with van der Waals surface area (Å²) in [6.07, 6.45) is -4.99. The summed E-state index contributed by atoms with van der Waals surface area (Å²) in [6, 6.07) is -0.765. The molecule has 0 radical (unpaired) electrons. The van der Waals surface area contributed by atoms with Crippen molar-refractivity contribution in [2.75, 3.05) is 6.61 Å². The third-order valence-corrected chi connectivity index (χ3v) is 4.11. The molecule has 11 heteroatoms. The van der Waals surface area contributed by atoms with Crippen molar-refractivity contribution < 1.29 is 27.4 Å². The van der Waals surface area contributed by atoms with E-state index in [-0.39, 0.29) is 18.9 Å². The van der Waals surface area contributed by atoms with Gasteiger partial charge in [0, 0.05) is 6.20 Å². The molecule has 0 aliphatic carbocycles. The first-order valence-corrected chi connectivity index (χ1v) is 8.49. The van der Waals surface area contributed by atoms with Gasteiger partial charge in [-0.15, -0.1) is 0 Å². The number of nitrogens with zero attached hydrogens (tertiary/aromatic N) is 1. The van der Waals surface area contributed by atoms with Crippen LogP contribution in [0, 0.1) is 5.92 Å². The van der Waals surface area contributed by atoms with Crippen LogP contribution in [-0.4, -0.2) is 34.3 Å². The lowest BCUT2D eigenvalue weighted by molar-refractivity contribution is -0.150. The third kappa shape index (κ3) is 5.42. The van der Waals surface area contributed by atoms with Crippen molar-refractivity contribution in [3.05, 3.63) is 32.6 Å². The summed E-state index contributed by atoms with van der Waals surface area (Å²) in [5, 5.41) is 0. The fourth-order valence-electron chi connectivity index (χ4n) is 2.80. The lowest BCUT2D eigenvalue weighted by Crippen LogP contribution is -2.37. The Bertz CT molecular complexity index is 787. The Labute approximate surface area is 152 Å². The van der Waals surface area contributed by atoms with Crippen LogP contribution in [0.25, 0.3) is 0 Å². The average Bonchev–Trinajstić information content (AvgIpc) is 2.99. The summed E-state index contributed by atoms with van der Waals surface area (Å²) in [5.41, 5.74) is 1.71. The number of aromatic nitrogens is 2. The summed E-state index contributed by atoms with van der Waals surface area (Å²) < 4.78 is 49.8. The van der Waals surface area contributed by atoms with Gasteiger partial charge in [0.25, 0.3) is 5.56 Å². The molecule has 0 spiro atoms. The number of rotatable bonds is 6. The molecule has 8 nitrogen and oxygen atoms in total. The van der Waals surface area contributed by atoms with Crippen LogP contribution in [-0.2, 0) is 20.4 Å². The van der Waals surface area contributed by atoms with Gasteiger partial charge in [-0.05, 0) is 25.2 Å². The number of aromatic amines is 1. The maximum absolute atomic E-state index is 12.9. The quantitative estimate of drug-likeness (QED) is 0.701. The molecule has 152 valence electrons. The highest BCUT2D eigenvalue weighted by Crippen LogP contribution is 2.30. The fourth-order valence-corrected chi connectivity index (χ4v) is 2.80. The van der Waals surface area contributed by atoms with Crippen molar-refractivity contribution in [2.45, 2.75) is 57.7 Å². The van der Waals surface area contributed by atoms with Gasteiger partial charge >= 0.3 is 17.8 Å². The van der Waals surface area contributed by atoms with Crippen LogP contribution in [0.15, 0.2) is 15.8 Å². The van der Waals surface area contributed by atoms with E-state index in [1.807, 2.05) is 13.8 Å². The minimum Gasteiger partial charge on any atom is -0.462 e. The van der Waals surface area contributed by atoms with Crippen LogP contribution in [0.4, 0.5) is 13.2 Å². The number of nitrogens with two attached hydrogens (primary N) is 1. The normalized spacial score (nSPS) is 21.4. The van der Waals surface area contributed by atoms with Gasteiger partial charge in [-0.1, -0.05) is 13.8 Å². The van der Waals surface area contributed by atoms with Crippen molar-refractivity contribution in [3.8, 4) is 0 Å². The number of nitrogens with one attached hydrogen (secondary N) is 1. The van der Waals surface area contributed by atoms with Gasteiger partial charge in [0.2, 0.25) is 0 Å². The van der Waals surface area contributed by atoms with Crippen molar-refractivity contribution in [2.24, 2.45) is 11.7 Å². The number of ether oxygens (including phenoxy) is 2. The zero-order chi connectivity index (χ0) is 20.4. The molecule has 3 N–H and O–H groups in total. The monoisotopic (exact) mass is 393 g/mol. The molecular formula is C16H22F3N3O5. The predicted molar refractivity (Wildman–Crippen MR) is 87.9 cm³/mol. The van der Waals surface area contributed by atoms with E-state index in [0.717, 1.165) is 0 Å². The van der Waals surface area contributed by atoms with E-state index in [9.17, 15) is 27.6 Å². The number of alkyl halides is 3. The van der Waals surface area contributed by atoms with E-state index in [2.05, 4.69) is 0 Å². The molecule has 1 aliphatic rings. The highest BCUT2D eigenvalue weighted by molar-refractivity contribution is 5.75.